The number of methoxy groups -OCH3 is 1. The molecule has 1 aromatic heterocycles. The maximum absolute atomic E-state index is 5.66. The van der Waals surface area contributed by atoms with Crippen LogP contribution in [0.25, 0.3) is 0 Å². The van der Waals surface area contributed by atoms with E-state index in [9.17, 15) is 0 Å². The number of nitrogens with zero attached hydrogens (tertiary/aromatic N) is 3. The summed E-state index contributed by atoms with van der Waals surface area (Å²) in [6.07, 6.45) is 8.11. The first-order valence-corrected chi connectivity index (χ1v) is 6.18. The summed E-state index contributed by atoms with van der Waals surface area (Å²) in [5, 5.41) is 0. The Morgan fingerprint density at radius 2 is 2.18 bits per heavy atom. The molecule has 1 aliphatic heterocycles. The predicted molar refractivity (Wildman–Crippen MR) is 67.2 cm³/mol. The molecule has 0 aliphatic carbocycles. The van der Waals surface area contributed by atoms with Crippen LogP contribution in [0.4, 0.5) is 5.95 Å². The van der Waals surface area contributed by atoms with Crippen LogP contribution in [-0.2, 0) is 0 Å². The van der Waals surface area contributed by atoms with E-state index >= 15 is 0 Å². The minimum atomic E-state index is 0.488. The van der Waals surface area contributed by atoms with Gasteiger partial charge in [-0.1, -0.05) is 0 Å². The van der Waals surface area contributed by atoms with Crippen molar-refractivity contribution in [3.63, 3.8) is 0 Å². The van der Waals surface area contributed by atoms with Crippen molar-refractivity contribution >= 4 is 5.95 Å². The summed E-state index contributed by atoms with van der Waals surface area (Å²) in [4.78, 5) is 11.0. The highest BCUT2D eigenvalue weighted by molar-refractivity contribution is 5.33. The zero-order valence-electron chi connectivity index (χ0n) is 10.3. The summed E-state index contributed by atoms with van der Waals surface area (Å²) in [5.74, 6) is 1.49. The number of ether oxygens (including phenoxy) is 1. The number of nitrogens with two attached hydrogens (primary N) is 1. The van der Waals surface area contributed by atoms with Crippen molar-refractivity contribution in [2.45, 2.75) is 31.7 Å². The molecule has 2 N–H and O–H groups in total. The quantitative estimate of drug-likeness (QED) is 0.850. The van der Waals surface area contributed by atoms with Gasteiger partial charge in [-0.3, -0.25) is 0 Å². The standard InChI is InChI=1S/C12H20N4O/c1-17-11-8-14-12(15-9-11)16-7-3-2-4-10(16)5-6-13/h8-10H,2-7,13H2,1H3. The van der Waals surface area contributed by atoms with Gasteiger partial charge in [0.2, 0.25) is 5.95 Å². The molecule has 5 heteroatoms. The Labute approximate surface area is 102 Å². The van der Waals surface area contributed by atoms with Gasteiger partial charge in [0, 0.05) is 12.6 Å². The number of piperidine rings is 1. The second-order valence-corrected chi connectivity index (χ2v) is 4.34. The van der Waals surface area contributed by atoms with E-state index in [4.69, 9.17) is 10.5 Å². The smallest absolute Gasteiger partial charge is 0.225 e. The Morgan fingerprint density at radius 3 is 2.82 bits per heavy atom. The molecule has 0 amide bonds. The summed E-state index contributed by atoms with van der Waals surface area (Å²) in [6, 6.07) is 0.488. The zero-order chi connectivity index (χ0) is 12.1. The number of hydrogen-bond donors (Lipinski definition) is 1. The van der Waals surface area contributed by atoms with Crippen molar-refractivity contribution in [1.82, 2.24) is 9.97 Å². The topological polar surface area (TPSA) is 64.3 Å². The van der Waals surface area contributed by atoms with E-state index in [1.807, 2.05) is 0 Å². The largest absolute Gasteiger partial charge is 0.494 e. The van der Waals surface area contributed by atoms with Gasteiger partial charge in [0.25, 0.3) is 0 Å². The van der Waals surface area contributed by atoms with Crippen LogP contribution in [0.1, 0.15) is 25.7 Å². The minimum Gasteiger partial charge on any atom is -0.494 e. The van der Waals surface area contributed by atoms with Crippen LogP contribution < -0.4 is 15.4 Å². The molecule has 1 atom stereocenters. The summed E-state index contributed by atoms with van der Waals surface area (Å²) in [7, 11) is 1.62. The molecule has 0 bridgehead atoms. The molecule has 1 fully saturated rings. The van der Waals surface area contributed by atoms with E-state index < -0.39 is 0 Å². The molecule has 1 aliphatic rings. The minimum absolute atomic E-state index is 0.488. The van der Waals surface area contributed by atoms with Gasteiger partial charge < -0.3 is 15.4 Å². The van der Waals surface area contributed by atoms with Gasteiger partial charge in [0.1, 0.15) is 0 Å². The summed E-state index contributed by atoms with van der Waals surface area (Å²) >= 11 is 0. The molecule has 2 heterocycles. The Kier molecular flexibility index (Phi) is 4.14. The van der Waals surface area contributed by atoms with Crippen molar-refractivity contribution in [3.8, 4) is 5.75 Å². The third-order valence-electron chi connectivity index (χ3n) is 3.23. The maximum Gasteiger partial charge on any atom is 0.225 e. The van der Waals surface area contributed by atoms with Gasteiger partial charge in [-0.15, -0.1) is 0 Å². The Bertz CT molecular complexity index is 339. The Balaban J connectivity index is 2.11. The Morgan fingerprint density at radius 1 is 1.41 bits per heavy atom. The molecule has 0 radical (unpaired) electrons. The van der Waals surface area contributed by atoms with Gasteiger partial charge in [-0.25, -0.2) is 9.97 Å². The summed E-state index contributed by atoms with van der Waals surface area (Å²) in [6.45, 7) is 1.74. The van der Waals surface area contributed by atoms with Crippen molar-refractivity contribution in [2.75, 3.05) is 25.1 Å². The zero-order valence-corrected chi connectivity index (χ0v) is 10.3. The van der Waals surface area contributed by atoms with Crippen molar-refractivity contribution < 1.29 is 4.74 Å². The van der Waals surface area contributed by atoms with Crippen LogP contribution in [-0.4, -0.2) is 36.2 Å². The molecule has 2 rings (SSSR count). The fourth-order valence-electron chi connectivity index (χ4n) is 2.32. The predicted octanol–water partition coefficient (Wildman–Crippen LogP) is 1.19. The van der Waals surface area contributed by atoms with Gasteiger partial charge in [-0.2, -0.15) is 0 Å². The maximum atomic E-state index is 5.66. The third kappa shape index (κ3) is 2.85. The van der Waals surface area contributed by atoms with Crippen LogP contribution in [0.2, 0.25) is 0 Å². The lowest BCUT2D eigenvalue weighted by Gasteiger charge is -2.35. The molecule has 94 valence electrons. The van der Waals surface area contributed by atoms with Gasteiger partial charge in [0.15, 0.2) is 5.75 Å². The van der Waals surface area contributed by atoms with Crippen LogP contribution in [0.3, 0.4) is 0 Å². The van der Waals surface area contributed by atoms with Gasteiger partial charge in [-0.05, 0) is 32.2 Å². The van der Waals surface area contributed by atoms with Gasteiger partial charge in [0.05, 0.1) is 19.5 Å². The average molecular weight is 236 g/mol. The molecular weight excluding hydrogens is 216 g/mol. The highest BCUT2D eigenvalue weighted by Gasteiger charge is 2.23. The van der Waals surface area contributed by atoms with Crippen LogP contribution in [0.5, 0.6) is 5.75 Å². The molecule has 0 saturated carbocycles. The summed E-state index contributed by atoms with van der Waals surface area (Å²) in [5.41, 5.74) is 5.66. The fraction of sp³-hybridized carbons (Fsp3) is 0.667. The van der Waals surface area contributed by atoms with Crippen LogP contribution in [0, 0.1) is 0 Å². The first kappa shape index (κ1) is 12.1. The normalized spacial score (nSPS) is 20.4. The highest BCUT2D eigenvalue weighted by atomic mass is 16.5. The molecular formula is C12H20N4O. The first-order valence-electron chi connectivity index (χ1n) is 6.18. The third-order valence-corrected chi connectivity index (χ3v) is 3.23. The second kappa shape index (κ2) is 5.82. The summed E-state index contributed by atoms with van der Waals surface area (Å²) < 4.78 is 5.07. The van der Waals surface area contributed by atoms with Crippen LogP contribution >= 0.6 is 0 Å². The van der Waals surface area contributed by atoms with E-state index in [0.29, 0.717) is 11.8 Å². The molecule has 0 aromatic carbocycles. The number of aromatic nitrogens is 2. The lowest BCUT2D eigenvalue weighted by Crippen LogP contribution is -2.41. The molecule has 17 heavy (non-hydrogen) atoms. The van der Waals surface area contributed by atoms with Crippen molar-refractivity contribution in [1.29, 1.82) is 0 Å². The number of hydrogen-bond acceptors (Lipinski definition) is 5. The van der Waals surface area contributed by atoms with E-state index in [0.717, 1.165) is 25.5 Å². The molecule has 0 spiro atoms. The number of anilines is 1. The van der Waals surface area contributed by atoms with E-state index in [1.54, 1.807) is 19.5 Å². The first-order chi connectivity index (χ1) is 8.35. The van der Waals surface area contributed by atoms with Crippen LogP contribution in [0.15, 0.2) is 12.4 Å². The van der Waals surface area contributed by atoms with E-state index in [1.165, 1.54) is 19.3 Å². The van der Waals surface area contributed by atoms with Crippen molar-refractivity contribution in [2.24, 2.45) is 5.73 Å². The molecule has 1 saturated heterocycles. The molecule has 5 nitrogen and oxygen atoms in total. The van der Waals surface area contributed by atoms with E-state index in [-0.39, 0.29) is 0 Å². The lowest BCUT2D eigenvalue weighted by molar-refractivity contribution is 0.407. The number of rotatable bonds is 4. The molecule has 1 unspecified atom stereocenters. The van der Waals surface area contributed by atoms with Gasteiger partial charge >= 0.3 is 0 Å². The molecule has 1 aromatic rings. The highest BCUT2D eigenvalue weighted by Crippen LogP contribution is 2.23. The van der Waals surface area contributed by atoms with Crippen molar-refractivity contribution in [3.05, 3.63) is 12.4 Å². The van der Waals surface area contributed by atoms with E-state index in [2.05, 4.69) is 14.9 Å². The SMILES string of the molecule is COc1cnc(N2CCCCC2CCN)nc1. The fourth-order valence-corrected chi connectivity index (χ4v) is 2.32. The second-order valence-electron chi connectivity index (χ2n) is 4.34. The Hall–Kier alpha value is -1.36. The lowest BCUT2D eigenvalue weighted by atomic mass is 10.00. The average Bonchev–Trinajstić information content (AvgIpc) is 2.40. The monoisotopic (exact) mass is 236 g/mol.